The summed E-state index contributed by atoms with van der Waals surface area (Å²) in [4.78, 5) is 23.0. The molecule has 1 saturated carbocycles. The van der Waals surface area contributed by atoms with Gasteiger partial charge in [0.1, 0.15) is 11.9 Å². The van der Waals surface area contributed by atoms with Crippen LogP contribution in [-0.2, 0) is 4.79 Å². The van der Waals surface area contributed by atoms with E-state index in [1.807, 2.05) is 0 Å². The number of halogens is 1. The second-order valence-corrected chi connectivity index (χ2v) is 5.06. The molecular formula is C14H16FNO3. The van der Waals surface area contributed by atoms with Gasteiger partial charge in [-0.15, -0.1) is 0 Å². The number of hydrogen-bond acceptors (Lipinski definition) is 2. The minimum atomic E-state index is -1.05. The average molecular weight is 265 g/mol. The fourth-order valence-electron chi connectivity index (χ4n) is 2.02. The van der Waals surface area contributed by atoms with Gasteiger partial charge in [0, 0.05) is 5.56 Å². The summed E-state index contributed by atoms with van der Waals surface area (Å²) < 4.78 is 13.2. The van der Waals surface area contributed by atoms with Gasteiger partial charge in [0.15, 0.2) is 0 Å². The Kier molecular flexibility index (Phi) is 3.83. The Morgan fingerprint density at radius 2 is 2.11 bits per heavy atom. The van der Waals surface area contributed by atoms with Crippen LogP contribution in [0, 0.1) is 18.7 Å². The molecule has 0 bridgehead atoms. The van der Waals surface area contributed by atoms with Crippen LogP contribution >= 0.6 is 0 Å². The molecule has 0 aliphatic heterocycles. The van der Waals surface area contributed by atoms with Crippen molar-refractivity contribution in [2.24, 2.45) is 5.92 Å². The second kappa shape index (κ2) is 5.38. The van der Waals surface area contributed by atoms with Gasteiger partial charge in [-0.1, -0.05) is 12.8 Å². The summed E-state index contributed by atoms with van der Waals surface area (Å²) >= 11 is 0. The van der Waals surface area contributed by atoms with Gasteiger partial charge in [-0.2, -0.15) is 0 Å². The van der Waals surface area contributed by atoms with E-state index in [0.717, 1.165) is 18.9 Å². The second-order valence-electron chi connectivity index (χ2n) is 5.06. The van der Waals surface area contributed by atoms with Crippen LogP contribution in [-0.4, -0.2) is 23.0 Å². The third kappa shape index (κ3) is 3.77. The van der Waals surface area contributed by atoms with Gasteiger partial charge in [-0.05, 0) is 43.0 Å². The molecule has 1 aromatic carbocycles. The normalized spacial score (nSPS) is 15.9. The van der Waals surface area contributed by atoms with Crippen molar-refractivity contribution in [1.29, 1.82) is 0 Å². The first-order valence-electron chi connectivity index (χ1n) is 6.26. The molecule has 0 spiro atoms. The van der Waals surface area contributed by atoms with Crippen molar-refractivity contribution in [3.8, 4) is 0 Å². The third-order valence-corrected chi connectivity index (χ3v) is 3.17. The molecule has 102 valence electrons. The van der Waals surface area contributed by atoms with Crippen LogP contribution in [0.2, 0.25) is 0 Å². The number of hydrogen-bond donors (Lipinski definition) is 2. The highest BCUT2D eigenvalue weighted by molar-refractivity contribution is 5.96. The monoisotopic (exact) mass is 265 g/mol. The van der Waals surface area contributed by atoms with Crippen molar-refractivity contribution in [3.05, 3.63) is 35.1 Å². The van der Waals surface area contributed by atoms with E-state index in [9.17, 15) is 14.0 Å². The topological polar surface area (TPSA) is 66.4 Å². The molecule has 4 nitrogen and oxygen atoms in total. The standard InChI is InChI=1S/C14H16FNO3/c1-8-4-10(7-11(15)5-8)13(17)16-12(14(18)19)6-9-2-3-9/h4-5,7,9,12H,2-3,6H2,1H3,(H,16,17)(H,18,19)/t12-/m0/s1. The van der Waals surface area contributed by atoms with Gasteiger partial charge in [-0.25, -0.2) is 9.18 Å². The summed E-state index contributed by atoms with van der Waals surface area (Å²) in [6.45, 7) is 1.68. The summed E-state index contributed by atoms with van der Waals surface area (Å²) in [5, 5.41) is 11.5. The molecule has 5 heteroatoms. The lowest BCUT2D eigenvalue weighted by molar-refractivity contribution is -0.139. The Hall–Kier alpha value is -1.91. The molecular weight excluding hydrogens is 249 g/mol. The van der Waals surface area contributed by atoms with Crippen LogP contribution in [0.15, 0.2) is 18.2 Å². The molecule has 1 aliphatic rings. The summed E-state index contributed by atoms with van der Waals surface area (Å²) in [6.07, 6.45) is 2.47. The van der Waals surface area contributed by atoms with Crippen LogP contribution in [0.4, 0.5) is 4.39 Å². The molecule has 1 aromatic rings. The van der Waals surface area contributed by atoms with Gasteiger partial charge in [0.05, 0.1) is 0 Å². The first-order valence-corrected chi connectivity index (χ1v) is 6.26. The van der Waals surface area contributed by atoms with Crippen LogP contribution in [0.1, 0.15) is 35.2 Å². The summed E-state index contributed by atoms with van der Waals surface area (Å²) in [7, 11) is 0. The molecule has 0 aromatic heterocycles. The number of carbonyl (C=O) groups excluding carboxylic acids is 1. The van der Waals surface area contributed by atoms with Crippen molar-refractivity contribution in [1.82, 2.24) is 5.32 Å². The van der Waals surface area contributed by atoms with Gasteiger partial charge in [-0.3, -0.25) is 4.79 Å². The Bertz CT molecular complexity index is 491. The van der Waals surface area contributed by atoms with Gasteiger partial charge >= 0.3 is 5.97 Å². The lowest BCUT2D eigenvalue weighted by Gasteiger charge is -2.14. The van der Waals surface area contributed by atoms with Crippen molar-refractivity contribution in [2.75, 3.05) is 0 Å². The number of carbonyl (C=O) groups is 2. The number of aryl methyl sites for hydroxylation is 1. The summed E-state index contributed by atoms with van der Waals surface area (Å²) in [5.41, 5.74) is 0.777. The first kappa shape index (κ1) is 13.5. The summed E-state index contributed by atoms with van der Waals surface area (Å²) in [5.74, 6) is -1.71. The van der Waals surface area contributed by atoms with E-state index in [1.54, 1.807) is 6.92 Å². The highest BCUT2D eigenvalue weighted by atomic mass is 19.1. The maximum absolute atomic E-state index is 13.2. The molecule has 0 heterocycles. The molecule has 1 amide bonds. The Balaban J connectivity index is 2.07. The lowest BCUT2D eigenvalue weighted by atomic mass is 10.1. The van der Waals surface area contributed by atoms with E-state index < -0.39 is 23.7 Å². The van der Waals surface area contributed by atoms with Crippen molar-refractivity contribution >= 4 is 11.9 Å². The zero-order chi connectivity index (χ0) is 14.0. The molecule has 2 N–H and O–H groups in total. The van der Waals surface area contributed by atoms with E-state index in [2.05, 4.69) is 5.32 Å². The highest BCUT2D eigenvalue weighted by Crippen LogP contribution is 2.33. The number of carboxylic acid groups (broad SMARTS) is 1. The molecule has 19 heavy (non-hydrogen) atoms. The number of carboxylic acids is 1. The summed E-state index contributed by atoms with van der Waals surface area (Å²) in [6, 6.07) is 3.06. The minimum Gasteiger partial charge on any atom is -0.480 e. The molecule has 0 radical (unpaired) electrons. The molecule has 0 saturated heterocycles. The van der Waals surface area contributed by atoms with E-state index in [1.165, 1.54) is 12.1 Å². The quantitative estimate of drug-likeness (QED) is 0.857. The largest absolute Gasteiger partial charge is 0.480 e. The van der Waals surface area contributed by atoms with Crippen LogP contribution in [0.3, 0.4) is 0 Å². The van der Waals surface area contributed by atoms with Crippen molar-refractivity contribution in [2.45, 2.75) is 32.2 Å². The third-order valence-electron chi connectivity index (χ3n) is 3.17. The van der Waals surface area contributed by atoms with E-state index >= 15 is 0 Å². The number of nitrogens with one attached hydrogen (secondary N) is 1. The van der Waals surface area contributed by atoms with E-state index in [0.29, 0.717) is 17.9 Å². The maximum atomic E-state index is 13.2. The van der Waals surface area contributed by atoms with Gasteiger partial charge in [0.2, 0.25) is 0 Å². The SMILES string of the molecule is Cc1cc(F)cc(C(=O)N[C@@H](CC2CC2)C(=O)O)c1. The molecule has 2 rings (SSSR count). The molecule has 1 atom stereocenters. The first-order chi connectivity index (χ1) is 8.95. The zero-order valence-corrected chi connectivity index (χ0v) is 10.6. The maximum Gasteiger partial charge on any atom is 0.326 e. The minimum absolute atomic E-state index is 0.152. The van der Waals surface area contributed by atoms with Crippen LogP contribution in [0.5, 0.6) is 0 Å². The lowest BCUT2D eigenvalue weighted by Crippen LogP contribution is -2.41. The van der Waals surface area contributed by atoms with E-state index in [-0.39, 0.29) is 5.56 Å². The average Bonchev–Trinajstić information content (AvgIpc) is 3.10. The molecule has 0 unspecified atom stereocenters. The van der Waals surface area contributed by atoms with Crippen LogP contribution < -0.4 is 5.32 Å². The van der Waals surface area contributed by atoms with Crippen molar-refractivity contribution in [3.63, 3.8) is 0 Å². The zero-order valence-electron chi connectivity index (χ0n) is 10.6. The Morgan fingerprint density at radius 1 is 1.42 bits per heavy atom. The Morgan fingerprint density at radius 3 is 2.63 bits per heavy atom. The predicted molar refractivity (Wildman–Crippen MR) is 67.4 cm³/mol. The van der Waals surface area contributed by atoms with Gasteiger partial charge in [0.25, 0.3) is 5.91 Å². The number of amides is 1. The predicted octanol–water partition coefficient (Wildman–Crippen LogP) is 2.12. The number of rotatable bonds is 5. The highest BCUT2D eigenvalue weighted by Gasteiger charge is 2.30. The van der Waals surface area contributed by atoms with Gasteiger partial charge < -0.3 is 10.4 Å². The molecule has 1 aliphatic carbocycles. The Labute approximate surface area is 110 Å². The van der Waals surface area contributed by atoms with Crippen molar-refractivity contribution < 1.29 is 19.1 Å². The number of aliphatic carboxylic acids is 1. The van der Waals surface area contributed by atoms with E-state index in [4.69, 9.17) is 5.11 Å². The van der Waals surface area contributed by atoms with Crippen LogP contribution in [0.25, 0.3) is 0 Å². The molecule has 1 fully saturated rings. The fourth-order valence-corrected chi connectivity index (χ4v) is 2.02. The number of benzene rings is 1. The smallest absolute Gasteiger partial charge is 0.326 e. The fraction of sp³-hybridized carbons (Fsp3) is 0.429.